The molecule has 0 radical (unpaired) electrons. The zero-order valence-corrected chi connectivity index (χ0v) is 12.9. The molecule has 3 rings (SSSR count). The fourth-order valence-electron chi connectivity index (χ4n) is 4.60. The standard InChI is InChI=1S/C15H23NO2S/c1-9(2)14-12(17)6-15(7-13(14)18-19)5-11-4-10(15)8-16(11)3/h9-11,19H,4-8H2,1-3H3. The van der Waals surface area contributed by atoms with E-state index in [1.807, 2.05) is 0 Å². The Bertz CT molecular complexity index is 443. The number of ketones is 1. The highest BCUT2D eigenvalue weighted by Crippen LogP contribution is 2.58. The van der Waals surface area contributed by atoms with Gasteiger partial charge in [-0.3, -0.25) is 4.79 Å². The quantitative estimate of drug-likeness (QED) is 0.623. The largest absolute Gasteiger partial charge is 0.433 e. The van der Waals surface area contributed by atoms with Crippen molar-refractivity contribution in [1.29, 1.82) is 0 Å². The second-order valence-electron chi connectivity index (χ2n) is 6.95. The average molecular weight is 281 g/mol. The first-order chi connectivity index (χ1) is 8.97. The topological polar surface area (TPSA) is 29.5 Å². The lowest BCUT2D eigenvalue weighted by atomic mass is 9.65. The molecule has 0 N–H and O–H groups in total. The third-order valence-corrected chi connectivity index (χ3v) is 5.73. The smallest absolute Gasteiger partial charge is 0.163 e. The Morgan fingerprint density at radius 3 is 2.63 bits per heavy atom. The zero-order valence-electron chi connectivity index (χ0n) is 12.0. The van der Waals surface area contributed by atoms with Crippen LogP contribution in [0.3, 0.4) is 0 Å². The van der Waals surface area contributed by atoms with E-state index in [9.17, 15) is 4.79 Å². The Morgan fingerprint density at radius 1 is 1.42 bits per heavy atom. The molecule has 1 spiro atoms. The first-order valence-corrected chi connectivity index (χ1v) is 7.61. The number of carbonyl (C=O) groups is 1. The van der Waals surface area contributed by atoms with E-state index in [-0.39, 0.29) is 11.3 Å². The van der Waals surface area contributed by atoms with Crippen LogP contribution in [0.25, 0.3) is 0 Å². The van der Waals surface area contributed by atoms with E-state index in [4.69, 9.17) is 4.18 Å². The number of likely N-dealkylation sites (tertiary alicyclic amines) is 1. The lowest BCUT2D eigenvalue weighted by Gasteiger charge is -2.43. The molecule has 106 valence electrons. The van der Waals surface area contributed by atoms with Crippen LogP contribution in [0, 0.1) is 17.3 Å². The van der Waals surface area contributed by atoms with Gasteiger partial charge in [-0.05, 0) is 37.1 Å². The summed E-state index contributed by atoms with van der Waals surface area (Å²) >= 11 is 4.00. The highest BCUT2D eigenvalue weighted by atomic mass is 32.1. The van der Waals surface area contributed by atoms with Gasteiger partial charge < -0.3 is 9.08 Å². The third-order valence-electron chi connectivity index (χ3n) is 5.51. The molecule has 1 heterocycles. The van der Waals surface area contributed by atoms with Crippen molar-refractivity contribution < 1.29 is 8.98 Å². The van der Waals surface area contributed by atoms with Crippen LogP contribution >= 0.6 is 12.9 Å². The zero-order chi connectivity index (χ0) is 13.8. The molecule has 2 bridgehead atoms. The van der Waals surface area contributed by atoms with Gasteiger partial charge in [0.15, 0.2) is 5.78 Å². The van der Waals surface area contributed by atoms with Crippen LogP contribution in [-0.2, 0) is 8.98 Å². The molecular formula is C15H23NO2S. The molecule has 1 aliphatic heterocycles. The average Bonchev–Trinajstić information content (AvgIpc) is 2.84. The van der Waals surface area contributed by atoms with Crippen LogP contribution in [0.15, 0.2) is 11.3 Å². The minimum Gasteiger partial charge on any atom is -0.433 e. The lowest BCUT2D eigenvalue weighted by molar-refractivity contribution is -0.120. The Balaban J connectivity index is 1.92. The first-order valence-electron chi connectivity index (χ1n) is 7.25. The molecule has 0 aromatic rings. The number of allylic oxidation sites excluding steroid dienone is 2. The number of piperidine rings is 1. The lowest BCUT2D eigenvalue weighted by Crippen LogP contribution is -2.43. The SMILES string of the molecule is CC(C)C1=C(OS)CC2(CC1=O)CC1CC2CN1C. The van der Waals surface area contributed by atoms with Gasteiger partial charge in [0.25, 0.3) is 0 Å². The van der Waals surface area contributed by atoms with E-state index in [1.165, 1.54) is 6.42 Å². The fraction of sp³-hybridized carbons (Fsp3) is 0.800. The molecule has 19 heavy (non-hydrogen) atoms. The Kier molecular flexibility index (Phi) is 3.21. The van der Waals surface area contributed by atoms with E-state index < -0.39 is 0 Å². The van der Waals surface area contributed by atoms with Gasteiger partial charge in [0.05, 0.1) is 0 Å². The number of rotatable bonds is 2. The van der Waals surface area contributed by atoms with Crippen molar-refractivity contribution in [2.24, 2.45) is 17.3 Å². The number of nitrogens with zero attached hydrogens (tertiary/aromatic N) is 1. The van der Waals surface area contributed by atoms with Crippen LogP contribution in [0.1, 0.15) is 39.5 Å². The first kappa shape index (κ1) is 13.5. The molecule has 2 fully saturated rings. The monoisotopic (exact) mass is 281 g/mol. The van der Waals surface area contributed by atoms with Crippen LogP contribution < -0.4 is 0 Å². The van der Waals surface area contributed by atoms with Crippen LogP contribution in [-0.4, -0.2) is 30.3 Å². The van der Waals surface area contributed by atoms with Crippen LogP contribution in [0.5, 0.6) is 0 Å². The maximum Gasteiger partial charge on any atom is 0.163 e. The summed E-state index contributed by atoms with van der Waals surface area (Å²) in [5.74, 6) is 2.01. The molecule has 0 amide bonds. The van der Waals surface area contributed by atoms with Crippen molar-refractivity contribution in [3.05, 3.63) is 11.3 Å². The molecule has 2 aliphatic carbocycles. The number of Topliss-reactive ketones (excluding diaryl/α,β-unsaturated/α-hetero) is 1. The highest BCUT2D eigenvalue weighted by molar-refractivity contribution is 7.75. The van der Waals surface area contributed by atoms with Crippen molar-refractivity contribution in [1.82, 2.24) is 4.90 Å². The minimum absolute atomic E-state index is 0.157. The third kappa shape index (κ3) is 1.95. The summed E-state index contributed by atoms with van der Waals surface area (Å²) in [5, 5.41) is 0. The predicted molar refractivity (Wildman–Crippen MR) is 77.8 cm³/mol. The van der Waals surface area contributed by atoms with Gasteiger partial charge in [-0.15, -0.1) is 0 Å². The predicted octanol–water partition coefficient (Wildman–Crippen LogP) is 2.83. The van der Waals surface area contributed by atoms with Gasteiger partial charge in [0.1, 0.15) is 5.76 Å². The van der Waals surface area contributed by atoms with Gasteiger partial charge in [-0.1, -0.05) is 13.8 Å². The minimum atomic E-state index is 0.157. The van der Waals surface area contributed by atoms with E-state index in [0.29, 0.717) is 17.7 Å². The van der Waals surface area contributed by atoms with Gasteiger partial charge >= 0.3 is 0 Å². The summed E-state index contributed by atoms with van der Waals surface area (Å²) in [7, 11) is 2.20. The van der Waals surface area contributed by atoms with Crippen LogP contribution in [0.2, 0.25) is 0 Å². The fourth-order valence-corrected chi connectivity index (χ4v) is 4.77. The van der Waals surface area contributed by atoms with Gasteiger partial charge in [-0.2, -0.15) is 0 Å². The van der Waals surface area contributed by atoms with E-state index in [2.05, 4.69) is 38.7 Å². The van der Waals surface area contributed by atoms with Crippen molar-refractivity contribution >= 4 is 18.7 Å². The second kappa shape index (κ2) is 4.52. The second-order valence-corrected chi connectivity index (χ2v) is 7.13. The van der Waals surface area contributed by atoms with E-state index >= 15 is 0 Å². The maximum atomic E-state index is 12.5. The normalized spacial score (nSPS) is 38.9. The maximum absolute atomic E-state index is 12.5. The molecule has 3 unspecified atom stereocenters. The van der Waals surface area contributed by atoms with Gasteiger partial charge in [-0.25, -0.2) is 0 Å². The number of hydrogen-bond donors (Lipinski definition) is 1. The van der Waals surface area contributed by atoms with E-state index in [0.717, 1.165) is 37.1 Å². The molecular weight excluding hydrogens is 258 g/mol. The van der Waals surface area contributed by atoms with Crippen molar-refractivity contribution in [3.63, 3.8) is 0 Å². The van der Waals surface area contributed by atoms with Crippen LogP contribution in [0.4, 0.5) is 0 Å². The molecule has 0 aromatic heterocycles. The summed E-state index contributed by atoms with van der Waals surface area (Å²) < 4.78 is 5.30. The summed E-state index contributed by atoms with van der Waals surface area (Å²) in [6.45, 7) is 5.26. The number of thiol groups is 1. The van der Waals surface area contributed by atoms with Gasteiger partial charge in [0, 0.05) is 43.9 Å². The highest BCUT2D eigenvalue weighted by Gasteiger charge is 2.56. The van der Waals surface area contributed by atoms with Crippen molar-refractivity contribution in [2.75, 3.05) is 13.6 Å². The van der Waals surface area contributed by atoms with Crippen molar-refractivity contribution in [2.45, 2.75) is 45.6 Å². The number of fused-ring (bicyclic) bond motifs is 3. The molecule has 1 saturated heterocycles. The Labute approximate surface area is 121 Å². The number of hydrogen-bond acceptors (Lipinski definition) is 4. The molecule has 1 saturated carbocycles. The van der Waals surface area contributed by atoms with Crippen molar-refractivity contribution in [3.8, 4) is 0 Å². The molecule has 3 nitrogen and oxygen atoms in total. The van der Waals surface area contributed by atoms with E-state index in [1.54, 1.807) is 0 Å². The summed E-state index contributed by atoms with van der Waals surface area (Å²) in [6, 6.07) is 0.666. The molecule has 3 aliphatic rings. The Hall–Kier alpha value is -0.480. The molecule has 3 atom stereocenters. The Morgan fingerprint density at radius 2 is 2.16 bits per heavy atom. The molecule has 0 aromatic carbocycles. The van der Waals surface area contributed by atoms with Gasteiger partial charge in [0.2, 0.25) is 0 Å². The molecule has 4 heteroatoms. The summed E-state index contributed by atoms with van der Waals surface area (Å²) in [6.07, 6.45) is 4.02. The summed E-state index contributed by atoms with van der Waals surface area (Å²) in [4.78, 5) is 15.0. The summed E-state index contributed by atoms with van der Waals surface area (Å²) in [5.41, 5.74) is 1.03. The number of carbonyl (C=O) groups excluding carboxylic acids is 1.